The van der Waals surface area contributed by atoms with Crippen molar-refractivity contribution in [2.75, 3.05) is 11.9 Å². The second-order valence-electron chi connectivity index (χ2n) is 7.80. The molecule has 4 nitrogen and oxygen atoms in total. The molecule has 0 aliphatic carbocycles. The van der Waals surface area contributed by atoms with Crippen LogP contribution in [-0.4, -0.2) is 23.5 Å². The lowest BCUT2D eigenvalue weighted by molar-refractivity contribution is 0.0615. The summed E-state index contributed by atoms with van der Waals surface area (Å²) in [5.74, 6) is 0.888. The van der Waals surface area contributed by atoms with Crippen LogP contribution in [0, 0.1) is 0 Å². The number of carbonyl (C=O) groups excluding carboxylic acids is 1. The van der Waals surface area contributed by atoms with Gasteiger partial charge in [-0.2, -0.15) is 0 Å². The minimum Gasteiger partial charge on any atom is -0.493 e. The van der Waals surface area contributed by atoms with Gasteiger partial charge in [0.15, 0.2) is 0 Å². The lowest BCUT2D eigenvalue weighted by Crippen LogP contribution is -2.46. The van der Waals surface area contributed by atoms with E-state index < -0.39 is 0 Å². The standard InChI is InChI=1S/C25H28N2O2/c1-4-5-16-29-22-15-14-18-10-6-7-11-19(18)23(22)24-26-21-13-9-8-12-20(21)25(28)27(24)17(2)3/h6-15,17,24,26H,4-5,16H2,1-3H3. The van der Waals surface area contributed by atoms with Crippen LogP contribution in [0.25, 0.3) is 10.8 Å². The van der Waals surface area contributed by atoms with E-state index in [1.54, 1.807) is 0 Å². The van der Waals surface area contributed by atoms with Gasteiger partial charge in [0.2, 0.25) is 0 Å². The number of para-hydroxylation sites is 1. The summed E-state index contributed by atoms with van der Waals surface area (Å²) in [6.07, 6.45) is 1.79. The quantitative estimate of drug-likeness (QED) is 0.527. The number of anilines is 1. The van der Waals surface area contributed by atoms with E-state index in [0.717, 1.165) is 40.6 Å². The highest BCUT2D eigenvalue weighted by molar-refractivity contribution is 6.02. The number of hydrogen-bond donors (Lipinski definition) is 1. The lowest BCUT2D eigenvalue weighted by atomic mass is 9.96. The number of nitrogens with zero attached hydrogens (tertiary/aromatic N) is 1. The molecule has 29 heavy (non-hydrogen) atoms. The van der Waals surface area contributed by atoms with E-state index in [2.05, 4.69) is 44.3 Å². The zero-order chi connectivity index (χ0) is 20.4. The van der Waals surface area contributed by atoms with Crippen LogP contribution < -0.4 is 10.1 Å². The van der Waals surface area contributed by atoms with Crippen molar-refractivity contribution in [2.24, 2.45) is 0 Å². The summed E-state index contributed by atoms with van der Waals surface area (Å²) < 4.78 is 6.21. The van der Waals surface area contributed by atoms with Crippen LogP contribution in [0.1, 0.15) is 55.7 Å². The molecule has 1 heterocycles. The van der Waals surface area contributed by atoms with Crippen LogP contribution in [0.5, 0.6) is 5.75 Å². The van der Waals surface area contributed by atoms with Crippen molar-refractivity contribution in [3.8, 4) is 5.75 Å². The fraction of sp³-hybridized carbons (Fsp3) is 0.320. The molecule has 0 saturated heterocycles. The third-order valence-electron chi connectivity index (χ3n) is 5.48. The van der Waals surface area contributed by atoms with Gasteiger partial charge in [-0.3, -0.25) is 4.79 Å². The first-order valence-electron chi connectivity index (χ1n) is 10.4. The maximum absolute atomic E-state index is 13.4. The fourth-order valence-electron chi connectivity index (χ4n) is 4.02. The third kappa shape index (κ3) is 3.55. The first-order chi connectivity index (χ1) is 14.1. The number of ether oxygens (including phenoxy) is 1. The molecule has 1 N–H and O–H groups in total. The summed E-state index contributed by atoms with van der Waals surface area (Å²) in [5.41, 5.74) is 2.61. The highest BCUT2D eigenvalue weighted by Gasteiger charge is 2.36. The Morgan fingerprint density at radius 3 is 2.59 bits per heavy atom. The summed E-state index contributed by atoms with van der Waals surface area (Å²) >= 11 is 0. The first-order valence-corrected chi connectivity index (χ1v) is 10.4. The van der Waals surface area contributed by atoms with E-state index in [4.69, 9.17) is 4.74 Å². The van der Waals surface area contributed by atoms with Crippen molar-refractivity contribution >= 4 is 22.4 Å². The number of amides is 1. The summed E-state index contributed by atoms with van der Waals surface area (Å²) in [6.45, 7) is 6.94. The Morgan fingerprint density at radius 1 is 1.03 bits per heavy atom. The minimum atomic E-state index is -0.292. The first kappa shape index (κ1) is 19.3. The molecule has 3 aromatic carbocycles. The average Bonchev–Trinajstić information content (AvgIpc) is 2.73. The van der Waals surface area contributed by atoms with Crippen LogP contribution in [0.2, 0.25) is 0 Å². The van der Waals surface area contributed by atoms with Crippen molar-refractivity contribution < 1.29 is 9.53 Å². The molecule has 0 aromatic heterocycles. The third-order valence-corrected chi connectivity index (χ3v) is 5.48. The summed E-state index contributed by atoms with van der Waals surface area (Å²) in [6, 6.07) is 20.2. The molecule has 1 unspecified atom stereocenters. The Morgan fingerprint density at radius 2 is 1.79 bits per heavy atom. The number of rotatable bonds is 6. The monoisotopic (exact) mass is 388 g/mol. The Hall–Kier alpha value is -3.01. The average molecular weight is 389 g/mol. The van der Waals surface area contributed by atoms with Gasteiger partial charge in [0.1, 0.15) is 11.9 Å². The van der Waals surface area contributed by atoms with Gasteiger partial charge >= 0.3 is 0 Å². The van der Waals surface area contributed by atoms with Gasteiger partial charge in [0.25, 0.3) is 5.91 Å². The summed E-state index contributed by atoms with van der Waals surface area (Å²) in [5, 5.41) is 5.87. The number of hydrogen-bond acceptors (Lipinski definition) is 3. The molecule has 150 valence electrons. The van der Waals surface area contributed by atoms with E-state index in [9.17, 15) is 4.79 Å². The van der Waals surface area contributed by atoms with E-state index in [0.29, 0.717) is 12.2 Å². The number of nitrogens with one attached hydrogen (secondary N) is 1. The molecule has 4 heteroatoms. The summed E-state index contributed by atoms with van der Waals surface area (Å²) in [7, 11) is 0. The van der Waals surface area contributed by atoms with Crippen molar-refractivity contribution in [3.05, 3.63) is 71.8 Å². The van der Waals surface area contributed by atoms with Crippen LogP contribution in [0.4, 0.5) is 5.69 Å². The topological polar surface area (TPSA) is 41.6 Å². The van der Waals surface area contributed by atoms with Gasteiger partial charge < -0.3 is 15.0 Å². The van der Waals surface area contributed by atoms with Crippen molar-refractivity contribution in [3.63, 3.8) is 0 Å². The highest BCUT2D eigenvalue weighted by atomic mass is 16.5. The normalized spacial score (nSPS) is 16.1. The molecule has 4 rings (SSSR count). The zero-order valence-corrected chi connectivity index (χ0v) is 17.3. The number of unbranched alkanes of at least 4 members (excludes halogenated alkanes) is 1. The summed E-state index contributed by atoms with van der Waals surface area (Å²) in [4.78, 5) is 15.3. The van der Waals surface area contributed by atoms with Crippen molar-refractivity contribution in [1.29, 1.82) is 0 Å². The van der Waals surface area contributed by atoms with E-state index in [1.165, 1.54) is 0 Å². The smallest absolute Gasteiger partial charge is 0.258 e. The maximum Gasteiger partial charge on any atom is 0.258 e. The predicted molar refractivity (Wildman–Crippen MR) is 118 cm³/mol. The highest BCUT2D eigenvalue weighted by Crippen LogP contribution is 2.41. The minimum absolute atomic E-state index is 0.0378. The van der Waals surface area contributed by atoms with Gasteiger partial charge in [-0.25, -0.2) is 0 Å². The van der Waals surface area contributed by atoms with Crippen LogP contribution >= 0.6 is 0 Å². The van der Waals surface area contributed by atoms with Gasteiger partial charge in [0, 0.05) is 17.3 Å². The lowest BCUT2D eigenvalue weighted by Gasteiger charge is -2.41. The van der Waals surface area contributed by atoms with E-state index in [1.807, 2.05) is 47.4 Å². The molecule has 0 fully saturated rings. The molecule has 3 aromatic rings. The zero-order valence-electron chi connectivity index (χ0n) is 17.3. The van der Waals surface area contributed by atoms with Crippen LogP contribution in [-0.2, 0) is 0 Å². The van der Waals surface area contributed by atoms with Gasteiger partial charge in [-0.1, -0.05) is 55.8 Å². The SMILES string of the molecule is CCCCOc1ccc2ccccc2c1C1Nc2ccccc2C(=O)N1C(C)C. The molecule has 0 spiro atoms. The van der Waals surface area contributed by atoms with Crippen molar-refractivity contribution in [1.82, 2.24) is 4.90 Å². The Labute approximate surface area is 172 Å². The van der Waals surface area contributed by atoms with Gasteiger partial charge in [0.05, 0.1) is 12.2 Å². The van der Waals surface area contributed by atoms with E-state index in [-0.39, 0.29) is 18.1 Å². The predicted octanol–water partition coefficient (Wildman–Crippen LogP) is 5.99. The molecular formula is C25H28N2O2. The Kier molecular flexibility index (Phi) is 5.43. The van der Waals surface area contributed by atoms with Crippen LogP contribution in [0.3, 0.4) is 0 Å². The Balaban J connectivity index is 1.89. The number of fused-ring (bicyclic) bond motifs is 2. The second-order valence-corrected chi connectivity index (χ2v) is 7.80. The molecule has 0 bridgehead atoms. The molecule has 0 radical (unpaired) electrons. The molecule has 1 aliphatic rings. The van der Waals surface area contributed by atoms with Gasteiger partial charge in [-0.05, 0) is 49.2 Å². The fourth-order valence-corrected chi connectivity index (χ4v) is 4.02. The number of carbonyl (C=O) groups is 1. The van der Waals surface area contributed by atoms with Crippen LogP contribution in [0.15, 0.2) is 60.7 Å². The molecule has 0 saturated carbocycles. The van der Waals surface area contributed by atoms with Gasteiger partial charge in [-0.15, -0.1) is 0 Å². The number of benzene rings is 3. The van der Waals surface area contributed by atoms with E-state index >= 15 is 0 Å². The molecule has 1 aliphatic heterocycles. The Bertz CT molecular complexity index is 1030. The largest absolute Gasteiger partial charge is 0.493 e. The molecule has 1 amide bonds. The molecular weight excluding hydrogens is 360 g/mol. The van der Waals surface area contributed by atoms with Crippen molar-refractivity contribution in [2.45, 2.75) is 45.8 Å². The molecule has 1 atom stereocenters. The maximum atomic E-state index is 13.4. The second kappa shape index (κ2) is 8.16.